The maximum Gasteiger partial charge on any atom is 0.450 e. The van der Waals surface area contributed by atoms with E-state index in [1.165, 1.54) is 42.2 Å². The molecule has 0 bridgehead atoms. The van der Waals surface area contributed by atoms with E-state index < -0.39 is 74.6 Å². The highest BCUT2D eigenvalue weighted by Crippen LogP contribution is 2.52. The van der Waals surface area contributed by atoms with Gasteiger partial charge in [0, 0.05) is 29.9 Å². The van der Waals surface area contributed by atoms with E-state index in [2.05, 4.69) is 10.6 Å². The Morgan fingerprint density at radius 3 is 1.91 bits per heavy atom. The zero-order chi connectivity index (χ0) is 40.3. The van der Waals surface area contributed by atoms with Gasteiger partial charge in [-0.3, -0.25) is 19.2 Å². The smallest absolute Gasteiger partial charge is 0.342 e. The molecule has 2 aromatic rings. The monoisotopic (exact) mass is 762 g/mol. The summed E-state index contributed by atoms with van der Waals surface area (Å²) in [6.07, 6.45) is -3.45. The van der Waals surface area contributed by atoms with Crippen molar-refractivity contribution < 1.29 is 40.8 Å². The molecule has 0 spiro atoms. The van der Waals surface area contributed by atoms with Crippen molar-refractivity contribution in [3.63, 3.8) is 0 Å². The Morgan fingerprint density at radius 2 is 1.45 bits per heavy atom. The van der Waals surface area contributed by atoms with Gasteiger partial charge in [0.25, 0.3) is 15.9 Å². The van der Waals surface area contributed by atoms with Crippen LogP contribution in [0.3, 0.4) is 0 Å². The van der Waals surface area contributed by atoms with Crippen LogP contribution < -0.4 is 15.4 Å². The fourth-order valence-electron chi connectivity index (χ4n) is 6.54. The van der Waals surface area contributed by atoms with Crippen LogP contribution in [0.25, 0.3) is 0 Å². The van der Waals surface area contributed by atoms with Gasteiger partial charge in [0.15, 0.2) is 0 Å². The number of ketones is 1. The molecule has 1 aliphatic rings. The van der Waals surface area contributed by atoms with Crippen LogP contribution in [0.1, 0.15) is 85.8 Å². The van der Waals surface area contributed by atoms with Gasteiger partial charge in [-0.25, -0.2) is 13.1 Å². The zero-order valence-corrected chi connectivity index (χ0v) is 33.0. The van der Waals surface area contributed by atoms with E-state index in [1.807, 2.05) is 83.5 Å². The van der Waals surface area contributed by atoms with E-state index >= 15 is 0 Å². The van der Waals surface area contributed by atoms with Crippen molar-refractivity contribution in [1.82, 2.24) is 20.3 Å². The summed E-state index contributed by atoms with van der Waals surface area (Å²) in [5.41, 5.74) is -0.978. The minimum absolute atomic E-state index is 0.0161. The Labute approximate surface area is 311 Å². The van der Waals surface area contributed by atoms with Crippen LogP contribution in [-0.2, 0) is 40.0 Å². The molecule has 3 atom stereocenters. The number of carbonyl (C=O) groups excluding carboxylic acids is 4. The quantitative estimate of drug-likeness (QED) is 0.202. The van der Waals surface area contributed by atoms with Gasteiger partial charge >= 0.3 is 6.18 Å². The number of amides is 3. The standard InChI is InChI=1S/C39H53F3N4O6S/c1-24(2)29(46(10)35(50)32(36(4,5)6)44-34(49)31(43-9)37(7,8)26-14-12-11-13-15-26)22-25(3)33(48)45-53(51,52)28-18-16-27(17-19-28)38(20-21-38)23-30(47)39(40,41)42/h11-19,22,24,29,31-32,43H,20-21,23H2,1-10H3,(H,44,49)(H,45,48)/b25-22+/t29-,31-,32-/m1/s1. The molecular formula is C39H53F3N4O6S. The maximum absolute atomic E-state index is 14.2. The average Bonchev–Trinajstić information content (AvgIpc) is 3.85. The minimum Gasteiger partial charge on any atom is -0.342 e. The summed E-state index contributed by atoms with van der Waals surface area (Å²) in [6, 6.07) is 12.3. The molecule has 0 aliphatic heterocycles. The number of Topliss-reactive ketones (excluding diaryl/α,β-unsaturated/α-hetero) is 1. The van der Waals surface area contributed by atoms with Crippen LogP contribution in [-0.4, -0.2) is 75.2 Å². The number of nitrogens with one attached hydrogen (secondary N) is 3. The van der Waals surface area contributed by atoms with Crippen LogP contribution >= 0.6 is 0 Å². The number of hydrogen-bond acceptors (Lipinski definition) is 7. The summed E-state index contributed by atoms with van der Waals surface area (Å²) < 4.78 is 67.0. The maximum atomic E-state index is 14.2. The number of alkyl halides is 3. The Balaban J connectivity index is 1.79. The van der Waals surface area contributed by atoms with Crippen LogP contribution in [0.15, 0.2) is 71.1 Å². The molecule has 1 fully saturated rings. The number of benzene rings is 2. The van der Waals surface area contributed by atoms with E-state index in [0.717, 1.165) is 5.56 Å². The van der Waals surface area contributed by atoms with E-state index in [0.29, 0.717) is 18.4 Å². The molecular weight excluding hydrogens is 710 g/mol. The number of nitrogens with zero attached hydrogens (tertiary/aromatic N) is 1. The normalized spacial score (nSPS) is 16.7. The fraction of sp³-hybridized carbons (Fsp3) is 0.538. The number of carbonyl (C=O) groups is 4. The van der Waals surface area contributed by atoms with E-state index in [-0.39, 0.29) is 22.3 Å². The summed E-state index contributed by atoms with van der Waals surface area (Å²) in [5, 5.41) is 6.09. The molecule has 3 N–H and O–H groups in total. The third kappa shape index (κ3) is 10.3. The summed E-state index contributed by atoms with van der Waals surface area (Å²) >= 11 is 0. The van der Waals surface area contributed by atoms with Gasteiger partial charge in [0.1, 0.15) is 6.04 Å². The first-order valence-electron chi connectivity index (χ1n) is 17.5. The first kappa shape index (κ1) is 43.4. The lowest BCUT2D eigenvalue weighted by molar-refractivity contribution is -0.171. The van der Waals surface area contributed by atoms with Gasteiger partial charge in [0.2, 0.25) is 17.6 Å². The van der Waals surface area contributed by atoms with Crippen molar-refractivity contribution in [1.29, 1.82) is 0 Å². The first-order valence-corrected chi connectivity index (χ1v) is 19.0. The molecule has 10 nitrogen and oxygen atoms in total. The number of likely N-dealkylation sites (N-methyl/N-ethyl adjacent to an activating group) is 2. The molecule has 1 aliphatic carbocycles. The SMILES string of the molecule is CN[C@H](C(=O)N[C@H](C(=O)N(C)[C@H](/C=C(\C)C(=O)NS(=O)(=O)c1ccc(C2(CC(=O)C(F)(F)F)CC2)cc1)C(C)C)C(C)(C)C)C(C)(C)c1ccccc1. The molecule has 0 saturated heterocycles. The second kappa shape index (κ2) is 16.1. The minimum atomic E-state index is -4.95. The summed E-state index contributed by atoms with van der Waals surface area (Å²) in [6.45, 7) is 14.5. The Morgan fingerprint density at radius 1 is 0.906 bits per heavy atom. The van der Waals surface area contributed by atoms with Crippen molar-refractivity contribution >= 4 is 33.5 Å². The van der Waals surface area contributed by atoms with Gasteiger partial charge in [-0.15, -0.1) is 0 Å². The molecule has 0 radical (unpaired) electrons. The lowest BCUT2D eigenvalue weighted by Gasteiger charge is -2.40. The highest BCUT2D eigenvalue weighted by Gasteiger charge is 2.51. The van der Waals surface area contributed by atoms with Gasteiger partial charge < -0.3 is 15.5 Å². The molecule has 3 amide bonds. The summed E-state index contributed by atoms with van der Waals surface area (Å²) in [5.74, 6) is -3.77. The topological polar surface area (TPSA) is 142 Å². The summed E-state index contributed by atoms with van der Waals surface area (Å²) in [4.78, 5) is 54.0. The van der Waals surface area contributed by atoms with Crippen molar-refractivity contribution in [3.05, 3.63) is 77.4 Å². The van der Waals surface area contributed by atoms with Gasteiger partial charge in [-0.1, -0.05) is 97.0 Å². The molecule has 2 aromatic carbocycles. The number of halogens is 3. The van der Waals surface area contributed by atoms with Crippen molar-refractivity contribution in [2.75, 3.05) is 14.1 Å². The van der Waals surface area contributed by atoms with Crippen LogP contribution in [0, 0.1) is 11.3 Å². The van der Waals surface area contributed by atoms with Crippen molar-refractivity contribution in [2.24, 2.45) is 11.3 Å². The molecule has 292 valence electrons. The third-order valence-electron chi connectivity index (χ3n) is 10.1. The predicted molar refractivity (Wildman–Crippen MR) is 197 cm³/mol. The van der Waals surface area contributed by atoms with Crippen LogP contribution in [0.2, 0.25) is 0 Å². The van der Waals surface area contributed by atoms with E-state index in [1.54, 1.807) is 14.1 Å². The lowest BCUT2D eigenvalue weighted by atomic mass is 9.76. The van der Waals surface area contributed by atoms with Crippen molar-refractivity contribution in [2.45, 2.75) is 115 Å². The molecule has 1 saturated carbocycles. The van der Waals surface area contributed by atoms with Crippen molar-refractivity contribution in [3.8, 4) is 0 Å². The fourth-order valence-corrected chi connectivity index (χ4v) is 7.55. The number of rotatable bonds is 15. The third-order valence-corrected chi connectivity index (χ3v) is 11.5. The average molecular weight is 763 g/mol. The van der Waals surface area contributed by atoms with Crippen LogP contribution in [0.5, 0.6) is 0 Å². The highest BCUT2D eigenvalue weighted by atomic mass is 32.2. The Kier molecular flexibility index (Phi) is 13.2. The lowest BCUT2D eigenvalue weighted by Crippen LogP contribution is -2.61. The second-order valence-electron chi connectivity index (χ2n) is 16.0. The molecule has 14 heteroatoms. The first-order chi connectivity index (χ1) is 24.3. The predicted octanol–water partition coefficient (Wildman–Crippen LogP) is 5.57. The van der Waals surface area contributed by atoms with Gasteiger partial charge in [-0.05, 0) is 61.4 Å². The van der Waals surface area contributed by atoms with Gasteiger partial charge in [0.05, 0.1) is 17.0 Å². The molecule has 0 unspecified atom stereocenters. The highest BCUT2D eigenvalue weighted by molar-refractivity contribution is 7.90. The zero-order valence-electron chi connectivity index (χ0n) is 32.1. The molecule has 0 aromatic heterocycles. The largest absolute Gasteiger partial charge is 0.450 e. The second-order valence-corrected chi connectivity index (χ2v) is 17.7. The Hall–Kier alpha value is -4.04. The molecule has 0 heterocycles. The van der Waals surface area contributed by atoms with Gasteiger partial charge in [-0.2, -0.15) is 13.2 Å². The number of hydrogen-bond donors (Lipinski definition) is 3. The van der Waals surface area contributed by atoms with Crippen LogP contribution in [0.4, 0.5) is 13.2 Å². The number of sulfonamides is 1. The Bertz CT molecular complexity index is 1800. The summed E-state index contributed by atoms with van der Waals surface area (Å²) in [7, 11) is -1.14. The molecule has 53 heavy (non-hydrogen) atoms. The van der Waals surface area contributed by atoms with E-state index in [9.17, 15) is 40.8 Å². The molecule has 3 rings (SSSR count). The van der Waals surface area contributed by atoms with E-state index in [4.69, 9.17) is 0 Å².